The zero-order valence-electron chi connectivity index (χ0n) is 13.9. The Labute approximate surface area is 127 Å². The van der Waals surface area contributed by atoms with Crippen LogP contribution in [0.25, 0.3) is 0 Å². The van der Waals surface area contributed by atoms with Crippen LogP contribution in [0.5, 0.6) is 0 Å². The fraction of sp³-hybridized carbons (Fsp3) is 0.556. The van der Waals surface area contributed by atoms with Crippen LogP contribution in [0.2, 0.25) is 0 Å². The van der Waals surface area contributed by atoms with Gasteiger partial charge in [0.15, 0.2) is 0 Å². The van der Waals surface area contributed by atoms with Gasteiger partial charge in [-0.2, -0.15) is 0 Å². The Morgan fingerprint density at radius 2 is 1.62 bits per heavy atom. The second-order valence-corrected chi connectivity index (χ2v) is 5.96. The minimum Gasteiger partial charge on any atom is -0.374 e. The molecule has 1 aromatic rings. The Balaban J connectivity index is 2.69. The molecular weight excluding hydrogens is 264 g/mol. The molecule has 1 aliphatic rings. The first kappa shape index (κ1) is 16.2. The standard InChI is InChI=1S/C18H26O3/c1-13-12-18(21-6,15-10-8-7-9-11-15)17(3,20-5)16(19-4)14(13)2/h7-11,16H,12H2,1-6H3. The van der Waals surface area contributed by atoms with Crippen molar-refractivity contribution < 1.29 is 14.2 Å². The lowest BCUT2D eigenvalue weighted by molar-refractivity contribution is -0.229. The van der Waals surface area contributed by atoms with E-state index in [4.69, 9.17) is 14.2 Å². The van der Waals surface area contributed by atoms with Crippen molar-refractivity contribution in [3.8, 4) is 0 Å². The summed E-state index contributed by atoms with van der Waals surface area (Å²) in [6, 6.07) is 10.3. The normalized spacial score (nSPS) is 33.3. The molecule has 3 nitrogen and oxygen atoms in total. The van der Waals surface area contributed by atoms with E-state index in [1.54, 1.807) is 21.3 Å². The highest BCUT2D eigenvalue weighted by Gasteiger charge is 2.58. The summed E-state index contributed by atoms with van der Waals surface area (Å²) in [5.74, 6) is 0. The predicted molar refractivity (Wildman–Crippen MR) is 84.3 cm³/mol. The maximum atomic E-state index is 6.08. The lowest BCUT2D eigenvalue weighted by Crippen LogP contribution is -2.62. The van der Waals surface area contributed by atoms with Crippen LogP contribution in [0, 0.1) is 0 Å². The van der Waals surface area contributed by atoms with E-state index >= 15 is 0 Å². The molecule has 0 amide bonds. The van der Waals surface area contributed by atoms with Crippen LogP contribution in [0.4, 0.5) is 0 Å². The summed E-state index contributed by atoms with van der Waals surface area (Å²) < 4.78 is 17.9. The smallest absolute Gasteiger partial charge is 0.128 e. The van der Waals surface area contributed by atoms with Gasteiger partial charge < -0.3 is 14.2 Å². The van der Waals surface area contributed by atoms with E-state index in [0.717, 1.165) is 12.0 Å². The van der Waals surface area contributed by atoms with Gasteiger partial charge in [0.25, 0.3) is 0 Å². The summed E-state index contributed by atoms with van der Waals surface area (Å²) in [6.07, 6.45) is 0.653. The van der Waals surface area contributed by atoms with E-state index in [9.17, 15) is 0 Å². The highest BCUT2D eigenvalue weighted by atomic mass is 16.6. The Morgan fingerprint density at radius 3 is 2.10 bits per heavy atom. The van der Waals surface area contributed by atoms with Crippen molar-refractivity contribution >= 4 is 0 Å². The highest BCUT2D eigenvalue weighted by molar-refractivity contribution is 5.37. The van der Waals surface area contributed by atoms with Gasteiger partial charge in [-0.25, -0.2) is 0 Å². The van der Waals surface area contributed by atoms with Crippen molar-refractivity contribution in [3.05, 3.63) is 47.0 Å². The van der Waals surface area contributed by atoms with Gasteiger partial charge in [-0.3, -0.25) is 0 Å². The summed E-state index contributed by atoms with van der Waals surface area (Å²) >= 11 is 0. The van der Waals surface area contributed by atoms with Gasteiger partial charge in [-0.15, -0.1) is 0 Å². The number of hydrogen-bond donors (Lipinski definition) is 0. The summed E-state index contributed by atoms with van der Waals surface area (Å²) in [5.41, 5.74) is 2.48. The molecule has 0 N–H and O–H groups in total. The van der Waals surface area contributed by atoms with Crippen LogP contribution < -0.4 is 0 Å². The van der Waals surface area contributed by atoms with Crippen LogP contribution in [0.15, 0.2) is 41.5 Å². The second kappa shape index (κ2) is 5.91. The van der Waals surface area contributed by atoms with Crippen molar-refractivity contribution in [2.75, 3.05) is 21.3 Å². The third kappa shape index (κ3) is 2.24. The largest absolute Gasteiger partial charge is 0.374 e. The van der Waals surface area contributed by atoms with E-state index in [1.807, 2.05) is 18.2 Å². The molecular formula is C18H26O3. The zero-order chi connectivity index (χ0) is 15.7. The van der Waals surface area contributed by atoms with Crippen LogP contribution in [0.1, 0.15) is 32.8 Å². The van der Waals surface area contributed by atoms with Crippen molar-refractivity contribution in [2.24, 2.45) is 0 Å². The number of rotatable bonds is 4. The minimum absolute atomic E-state index is 0.142. The minimum atomic E-state index is -0.596. The molecule has 0 radical (unpaired) electrons. The summed E-state index contributed by atoms with van der Waals surface area (Å²) in [5, 5.41) is 0. The van der Waals surface area contributed by atoms with Crippen LogP contribution in [-0.4, -0.2) is 33.0 Å². The van der Waals surface area contributed by atoms with Gasteiger partial charge in [-0.1, -0.05) is 35.9 Å². The quantitative estimate of drug-likeness (QED) is 0.792. The van der Waals surface area contributed by atoms with Gasteiger partial charge >= 0.3 is 0 Å². The topological polar surface area (TPSA) is 27.7 Å². The monoisotopic (exact) mass is 290 g/mol. The maximum absolute atomic E-state index is 6.08. The van der Waals surface area contributed by atoms with E-state index in [0.29, 0.717) is 0 Å². The number of methoxy groups -OCH3 is 3. The van der Waals surface area contributed by atoms with E-state index in [2.05, 4.69) is 32.9 Å². The Hall–Kier alpha value is -1.16. The molecule has 1 aromatic carbocycles. The van der Waals surface area contributed by atoms with Crippen LogP contribution >= 0.6 is 0 Å². The predicted octanol–water partition coefficient (Wildman–Crippen LogP) is 3.69. The van der Waals surface area contributed by atoms with Crippen molar-refractivity contribution in [2.45, 2.75) is 44.5 Å². The molecule has 0 heterocycles. The van der Waals surface area contributed by atoms with Crippen molar-refractivity contribution in [3.63, 3.8) is 0 Å². The van der Waals surface area contributed by atoms with E-state index < -0.39 is 11.2 Å². The lowest BCUT2D eigenvalue weighted by Gasteiger charge is -2.54. The van der Waals surface area contributed by atoms with Crippen molar-refractivity contribution in [1.29, 1.82) is 0 Å². The second-order valence-electron chi connectivity index (χ2n) is 5.96. The average Bonchev–Trinajstić information content (AvgIpc) is 2.52. The Morgan fingerprint density at radius 1 is 1.00 bits per heavy atom. The van der Waals surface area contributed by atoms with Crippen LogP contribution in [0.3, 0.4) is 0 Å². The fourth-order valence-electron chi connectivity index (χ4n) is 3.70. The summed E-state index contributed by atoms with van der Waals surface area (Å²) in [4.78, 5) is 0. The molecule has 0 saturated heterocycles. The molecule has 0 aliphatic heterocycles. The Bertz CT molecular complexity index is 523. The third-order valence-electron chi connectivity index (χ3n) is 5.13. The molecule has 2 rings (SSSR count). The number of hydrogen-bond acceptors (Lipinski definition) is 3. The zero-order valence-corrected chi connectivity index (χ0v) is 13.9. The summed E-state index contributed by atoms with van der Waals surface area (Å²) in [7, 11) is 5.22. The van der Waals surface area contributed by atoms with Gasteiger partial charge in [0.2, 0.25) is 0 Å². The first-order chi connectivity index (χ1) is 9.96. The summed E-state index contributed by atoms with van der Waals surface area (Å²) in [6.45, 7) is 6.34. The van der Waals surface area contributed by atoms with Gasteiger partial charge in [0.05, 0.1) is 0 Å². The molecule has 0 bridgehead atoms. The molecule has 1 aliphatic carbocycles. The first-order valence-electron chi connectivity index (χ1n) is 7.31. The molecule has 3 atom stereocenters. The number of benzene rings is 1. The molecule has 0 spiro atoms. The number of ether oxygens (including phenoxy) is 3. The maximum Gasteiger partial charge on any atom is 0.128 e. The lowest BCUT2D eigenvalue weighted by atomic mass is 9.65. The molecule has 0 fully saturated rings. The molecule has 21 heavy (non-hydrogen) atoms. The van der Waals surface area contributed by atoms with Crippen molar-refractivity contribution in [1.82, 2.24) is 0 Å². The van der Waals surface area contributed by atoms with Gasteiger partial charge in [-0.05, 0) is 31.9 Å². The van der Waals surface area contributed by atoms with Gasteiger partial charge in [0, 0.05) is 27.8 Å². The molecule has 3 heteroatoms. The Kier molecular flexibility index (Phi) is 4.57. The third-order valence-corrected chi connectivity index (χ3v) is 5.13. The first-order valence-corrected chi connectivity index (χ1v) is 7.31. The molecule has 3 unspecified atom stereocenters. The molecule has 0 saturated carbocycles. The van der Waals surface area contributed by atoms with E-state index in [-0.39, 0.29) is 6.10 Å². The highest BCUT2D eigenvalue weighted by Crippen LogP contribution is 2.51. The molecule has 0 aromatic heterocycles. The SMILES string of the molecule is COC1C(C)=C(C)CC(OC)(c2ccccc2)C1(C)OC. The fourth-order valence-corrected chi connectivity index (χ4v) is 3.70. The molecule has 116 valence electrons. The van der Waals surface area contributed by atoms with Crippen LogP contribution in [-0.2, 0) is 19.8 Å². The van der Waals surface area contributed by atoms with E-state index in [1.165, 1.54) is 11.1 Å². The van der Waals surface area contributed by atoms with Gasteiger partial charge in [0.1, 0.15) is 17.3 Å². The average molecular weight is 290 g/mol.